The highest BCUT2D eigenvalue weighted by Gasteiger charge is 2.34. The predicted molar refractivity (Wildman–Crippen MR) is 93.0 cm³/mol. The van der Waals surface area contributed by atoms with Gasteiger partial charge in [-0.15, -0.1) is 0 Å². The summed E-state index contributed by atoms with van der Waals surface area (Å²) in [4.78, 5) is 25.6. The lowest BCUT2D eigenvalue weighted by Crippen LogP contribution is -2.30. The molecule has 0 aliphatic carbocycles. The molecule has 3 amide bonds. The lowest BCUT2D eigenvalue weighted by Gasteiger charge is -2.12. The third-order valence-corrected chi connectivity index (χ3v) is 4.19. The van der Waals surface area contributed by atoms with Crippen LogP contribution in [0, 0.1) is 12.7 Å². The summed E-state index contributed by atoms with van der Waals surface area (Å²) in [5, 5.41) is 2.57. The summed E-state index contributed by atoms with van der Waals surface area (Å²) in [5.74, 6) is -0.895. The summed E-state index contributed by atoms with van der Waals surface area (Å²) in [6.45, 7) is 6.04. The molecule has 0 bridgehead atoms. The van der Waals surface area contributed by atoms with E-state index in [1.165, 1.54) is 6.07 Å². The number of imide groups is 1. The summed E-state index contributed by atoms with van der Waals surface area (Å²) in [7, 11) is 0. The Bertz CT molecular complexity index is 867. The average molecular weight is 341 g/mol. The van der Waals surface area contributed by atoms with Gasteiger partial charge in [0, 0.05) is 23.5 Å². The van der Waals surface area contributed by atoms with E-state index >= 15 is 0 Å². The summed E-state index contributed by atoms with van der Waals surface area (Å²) in [6, 6.07) is 7.82. The molecule has 1 fully saturated rings. The second-order valence-corrected chi connectivity index (χ2v) is 6.39. The van der Waals surface area contributed by atoms with Gasteiger partial charge in [0.15, 0.2) is 0 Å². The predicted octanol–water partition coefficient (Wildman–Crippen LogP) is 3.61. The minimum absolute atomic E-state index is 0.0965. The topological polar surface area (TPSA) is 54.3 Å². The van der Waals surface area contributed by atoms with E-state index in [4.69, 9.17) is 0 Å². The number of hydrogen-bond acceptors (Lipinski definition) is 2. The van der Waals surface area contributed by atoms with Crippen LogP contribution in [0.1, 0.15) is 36.7 Å². The Morgan fingerprint density at radius 1 is 1.24 bits per heavy atom. The van der Waals surface area contributed by atoms with Crippen LogP contribution in [-0.4, -0.2) is 21.4 Å². The molecule has 2 heterocycles. The second-order valence-electron chi connectivity index (χ2n) is 6.39. The van der Waals surface area contributed by atoms with Gasteiger partial charge in [-0.05, 0) is 44.5 Å². The first-order chi connectivity index (χ1) is 11.9. The number of benzene rings is 1. The van der Waals surface area contributed by atoms with E-state index in [-0.39, 0.29) is 12.2 Å². The molecule has 25 heavy (non-hydrogen) atoms. The number of nitrogens with zero attached hydrogens (tertiary/aromatic N) is 2. The number of carbonyl (C=O) groups excluding carboxylic acids is 2. The number of amides is 3. The fraction of sp³-hybridized carbons (Fsp3) is 0.263. The van der Waals surface area contributed by atoms with Crippen molar-refractivity contribution in [1.82, 2.24) is 14.8 Å². The van der Waals surface area contributed by atoms with Crippen LogP contribution in [0.25, 0.3) is 6.08 Å². The van der Waals surface area contributed by atoms with Crippen LogP contribution >= 0.6 is 0 Å². The van der Waals surface area contributed by atoms with Crippen LogP contribution in [0.2, 0.25) is 0 Å². The van der Waals surface area contributed by atoms with Gasteiger partial charge in [-0.3, -0.25) is 9.69 Å². The molecular formula is C19H20FN3O2. The average Bonchev–Trinajstić information content (AvgIpc) is 3.04. The van der Waals surface area contributed by atoms with Crippen LogP contribution < -0.4 is 5.32 Å². The number of rotatable bonds is 4. The molecule has 0 spiro atoms. The fourth-order valence-corrected chi connectivity index (χ4v) is 2.93. The number of urea groups is 1. The zero-order valence-corrected chi connectivity index (χ0v) is 14.4. The Morgan fingerprint density at radius 3 is 2.60 bits per heavy atom. The molecule has 0 saturated carbocycles. The van der Waals surface area contributed by atoms with Crippen molar-refractivity contribution >= 4 is 18.0 Å². The van der Waals surface area contributed by atoms with Gasteiger partial charge in [-0.2, -0.15) is 0 Å². The third-order valence-electron chi connectivity index (χ3n) is 4.19. The van der Waals surface area contributed by atoms with Gasteiger partial charge in [0.1, 0.15) is 11.5 Å². The number of aryl methyl sites for hydroxylation is 1. The van der Waals surface area contributed by atoms with E-state index in [0.29, 0.717) is 11.6 Å². The molecular weight excluding hydrogens is 321 g/mol. The molecule has 0 atom stereocenters. The van der Waals surface area contributed by atoms with Crippen LogP contribution in [0.3, 0.4) is 0 Å². The van der Waals surface area contributed by atoms with Crippen LogP contribution in [0.5, 0.6) is 0 Å². The Kier molecular flexibility index (Phi) is 4.44. The van der Waals surface area contributed by atoms with Gasteiger partial charge in [-0.1, -0.05) is 18.2 Å². The molecule has 5 nitrogen and oxygen atoms in total. The molecule has 6 heteroatoms. The van der Waals surface area contributed by atoms with Gasteiger partial charge in [0.2, 0.25) is 0 Å². The third kappa shape index (κ3) is 3.33. The van der Waals surface area contributed by atoms with E-state index in [2.05, 4.69) is 23.7 Å². The largest absolute Gasteiger partial charge is 0.349 e. The summed E-state index contributed by atoms with van der Waals surface area (Å²) in [5.41, 5.74) is 2.40. The molecule has 0 unspecified atom stereocenters. The van der Waals surface area contributed by atoms with Gasteiger partial charge in [0.25, 0.3) is 5.91 Å². The van der Waals surface area contributed by atoms with Crippen molar-refractivity contribution in [1.29, 1.82) is 0 Å². The highest BCUT2D eigenvalue weighted by Crippen LogP contribution is 2.20. The number of carbonyl (C=O) groups is 2. The van der Waals surface area contributed by atoms with Crippen molar-refractivity contribution in [3.8, 4) is 0 Å². The highest BCUT2D eigenvalue weighted by atomic mass is 19.1. The molecule has 130 valence electrons. The number of hydrogen-bond donors (Lipinski definition) is 1. The van der Waals surface area contributed by atoms with E-state index in [0.717, 1.165) is 16.2 Å². The Morgan fingerprint density at radius 2 is 1.96 bits per heavy atom. The van der Waals surface area contributed by atoms with Gasteiger partial charge < -0.3 is 9.88 Å². The Labute approximate surface area is 145 Å². The summed E-state index contributed by atoms with van der Waals surface area (Å²) >= 11 is 0. The number of nitrogens with one attached hydrogen (secondary N) is 1. The maximum atomic E-state index is 13.8. The van der Waals surface area contributed by atoms with Crippen molar-refractivity contribution in [2.24, 2.45) is 0 Å². The molecule has 1 saturated heterocycles. The zero-order chi connectivity index (χ0) is 18.1. The van der Waals surface area contributed by atoms with Crippen molar-refractivity contribution in [2.45, 2.75) is 33.4 Å². The monoisotopic (exact) mass is 341 g/mol. The first-order valence-corrected chi connectivity index (χ1v) is 8.13. The van der Waals surface area contributed by atoms with Crippen molar-refractivity contribution in [3.63, 3.8) is 0 Å². The summed E-state index contributed by atoms with van der Waals surface area (Å²) in [6.07, 6.45) is 3.58. The van der Waals surface area contributed by atoms with Crippen LogP contribution in [-0.2, 0) is 11.3 Å². The number of halogens is 1. The molecule has 0 radical (unpaired) electrons. The van der Waals surface area contributed by atoms with Crippen molar-refractivity contribution in [3.05, 3.63) is 64.9 Å². The zero-order valence-electron chi connectivity index (χ0n) is 14.4. The standard InChI is InChI=1S/C19H20FN3O2/c1-12(2)22-10-14(8-13(22)3)9-17-18(24)23(19(25)21-17)11-15-6-4-5-7-16(15)20/h4-10,12H,11H2,1-3H3,(H,21,25)/b17-9+. The molecule has 1 aliphatic heterocycles. The Hall–Kier alpha value is -2.89. The first kappa shape index (κ1) is 17.0. The van der Waals surface area contributed by atoms with Crippen molar-refractivity contribution in [2.75, 3.05) is 0 Å². The second kappa shape index (κ2) is 6.55. The maximum Gasteiger partial charge on any atom is 0.329 e. The maximum absolute atomic E-state index is 13.8. The van der Waals surface area contributed by atoms with E-state index in [1.807, 2.05) is 19.2 Å². The summed E-state index contributed by atoms with van der Waals surface area (Å²) < 4.78 is 15.9. The van der Waals surface area contributed by atoms with E-state index in [9.17, 15) is 14.0 Å². The molecule has 1 aromatic heterocycles. The molecule has 1 aliphatic rings. The SMILES string of the molecule is Cc1cc(/C=C2/NC(=O)N(Cc3ccccc3F)C2=O)cn1C(C)C. The van der Waals surface area contributed by atoms with Gasteiger partial charge >= 0.3 is 6.03 Å². The van der Waals surface area contributed by atoms with Crippen LogP contribution in [0.15, 0.2) is 42.2 Å². The Balaban J connectivity index is 1.83. The van der Waals surface area contributed by atoms with Gasteiger partial charge in [0.05, 0.1) is 6.54 Å². The fourth-order valence-electron chi connectivity index (χ4n) is 2.93. The lowest BCUT2D eigenvalue weighted by atomic mass is 10.2. The molecule has 1 N–H and O–H groups in total. The van der Waals surface area contributed by atoms with E-state index in [1.54, 1.807) is 24.3 Å². The molecule has 3 rings (SSSR count). The quantitative estimate of drug-likeness (QED) is 0.682. The first-order valence-electron chi connectivity index (χ1n) is 8.13. The minimum atomic E-state index is -0.542. The smallest absolute Gasteiger partial charge is 0.329 e. The van der Waals surface area contributed by atoms with Crippen LogP contribution in [0.4, 0.5) is 9.18 Å². The van der Waals surface area contributed by atoms with Gasteiger partial charge in [-0.25, -0.2) is 9.18 Å². The van der Waals surface area contributed by atoms with E-state index < -0.39 is 17.8 Å². The number of aromatic nitrogens is 1. The lowest BCUT2D eigenvalue weighted by molar-refractivity contribution is -0.123. The molecule has 2 aromatic rings. The molecule has 1 aromatic carbocycles. The normalized spacial score (nSPS) is 16.2. The van der Waals surface area contributed by atoms with Crippen molar-refractivity contribution < 1.29 is 14.0 Å². The highest BCUT2D eigenvalue weighted by molar-refractivity contribution is 6.13. The minimum Gasteiger partial charge on any atom is -0.349 e.